The number of carbonyl (C=O) groups is 2. The second-order valence-corrected chi connectivity index (χ2v) is 12.9. The Morgan fingerprint density at radius 2 is 1.47 bits per heavy atom. The maximum absolute atomic E-state index is 16.3. The Labute approximate surface area is 277 Å². The number of nitrogens with one attached hydrogen (secondary N) is 1. The van der Waals surface area contributed by atoms with E-state index in [4.69, 9.17) is 22.1 Å². The quantitative estimate of drug-likeness (QED) is 0.184. The molecular weight excluding hydrogens is 624 g/mol. The standard InChI is InChI=1S/C37H38ClF2N3O4/c38-29-14-9-24(10-15-29)23-7-12-28(13-8-23)37(39,40)34(36(46)43-19-17-30(41)18-20-43)42-35(45)33(44)27-6-5-26-22-32(16-11-25(26)21-27)47-31-3-1-2-4-31/h5-16,21-22,30-31,33-34,44H,1-4,17-20,41H2,(H,42,45)/t33-,34-/m1/s1. The van der Waals surface area contributed by atoms with Crippen molar-refractivity contribution < 1.29 is 28.2 Å². The number of carbonyl (C=O) groups excluding carboxylic acids is 2. The van der Waals surface area contributed by atoms with Crippen LogP contribution < -0.4 is 15.8 Å². The van der Waals surface area contributed by atoms with Gasteiger partial charge in [-0.2, -0.15) is 8.78 Å². The number of hydrogen-bond acceptors (Lipinski definition) is 5. The van der Waals surface area contributed by atoms with Crippen LogP contribution in [0.1, 0.15) is 55.8 Å². The highest BCUT2D eigenvalue weighted by Crippen LogP contribution is 2.36. The van der Waals surface area contributed by atoms with Gasteiger partial charge >= 0.3 is 5.92 Å². The number of hydrogen-bond donors (Lipinski definition) is 3. The van der Waals surface area contributed by atoms with E-state index < -0.39 is 35.4 Å². The lowest BCUT2D eigenvalue weighted by atomic mass is 9.95. The van der Waals surface area contributed by atoms with Crippen molar-refractivity contribution >= 4 is 34.2 Å². The summed E-state index contributed by atoms with van der Waals surface area (Å²) < 4.78 is 38.7. The maximum atomic E-state index is 16.3. The molecule has 0 radical (unpaired) electrons. The Morgan fingerprint density at radius 3 is 2.13 bits per heavy atom. The van der Waals surface area contributed by atoms with Crippen LogP contribution in [0.15, 0.2) is 84.9 Å². The Balaban J connectivity index is 1.23. The number of halogens is 3. The number of aliphatic hydroxyl groups excluding tert-OH is 1. The third-order valence-electron chi connectivity index (χ3n) is 9.20. The molecule has 0 bridgehead atoms. The van der Waals surface area contributed by atoms with Crippen LogP contribution >= 0.6 is 11.6 Å². The molecular formula is C37H38ClF2N3O4. The predicted molar refractivity (Wildman–Crippen MR) is 178 cm³/mol. The molecule has 1 aliphatic heterocycles. The summed E-state index contributed by atoms with van der Waals surface area (Å²) in [7, 11) is 0. The Bertz CT molecular complexity index is 1720. The summed E-state index contributed by atoms with van der Waals surface area (Å²) in [4.78, 5) is 28.4. The lowest BCUT2D eigenvalue weighted by molar-refractivity contribution is -0.152. The molecule has 47 heavy (non-hydrogen) atoms. The van der Waals surface area contributed by atoms with E-state index in [-0.39, 0.29) is 30.8 Å². The van der Waals surface area contributed by atoms with Gasteiger partial charge < -0.3 is 25.8 Å². The number of nitrogens with zero attached hydrogens (tertiary/aromatic N) is 1. The van der Waals surface area contributed by atoms with Gasteiger partial charge in [-0.3, -0.25) is 9.59 Å². The van der Waals surface area contributed by atoms with Crippen LogP contribution in [0, 0.1) is 0 Å². The average Bonchev–Trinajstić information content (AvgIpc) is 3.60. The van der Waals surface area contributed by atoms with Crippen LogP contribution in [0.3, 0.4) is 0 Å². The molecule has 246 valence electrons. The van der Waals surface area contributed by atoms with Crippen LogP contribution in [-0.2, 0) is 15.5 Å². The molecule has 2 amide bonds. The number of benzene rings is 4. The van der Waals surface area contributed by atoms with E-state index in [1.165, 1.54) is 29.2 Å². The van der Waals surface area contributed by atoms with Gasteiger partial charge in [0, 0.05) is 29.7 Å². The van der Waals surface area contributed by atoms with Gasteiger partial charge in [-0.25, -0.2) is 0 Å². The zero-order chi connectivity index (χ0) is 33.1. The molecule has 1 saturated carbocycles. The number of piperidine rings is 1. The second-order valence-electron chi connectivity index (χ2n) is 12.5. The van der Waals surface area contributed by atoms with Crippen molar-refractivity contribution in [3.8, 4) is 16.9 Å². The van der Waals surface area contributed by atoms with E-state index >= 15 is 8.78 Å². The smallest absolute Gasteiger partial charge is 0.301 e. The van der Waals surface area contributed by atoms with Gasteiger partial charge in [0.1, 0.15) is 5.75 Å². The van der Waals surface area contributed by atoms with Crippen LogP contribution in [0.5, 0.6) is 5.75 Å². The molecule has 0 unspecified atom stereocenters. The third-order valence-corrected chi connectivity index (χ3v) is 9.45. The minimum absolute atomic E-state index is 0.131. The molecule has 10 heteroatoms. The first-order chi connectivity index (χ1) is 22.6. The molecule has 1 aliphatic carbocycles. The summed E-state index contributed by atoms with van der Waals surface area (Å²) in [5.41, 5.74) is 7.22. The van der Waals surface area contributed by atoms with Gasteiger partial charge in [0.05, 0.1) is 6.10 Å². The SMILES string of the molecule is NC1CCN(C(=O)[C@@H](NC(=O)[C@H](O)c2ccc3cc(OC4CCCC4)ccc3c2)C(F)(F)c2ccc(-c3ccc(Cl)cc3)cc2)CC1. The molecule has 7 nitrogen and oxygen atoms in total. The van der Waals surface area contributed by atoms with E-state index in [1.807, 2.05) is 18.2 Å². The van der Waals surface area contributed by atoms with Gasteiger partial charge in [0.25, 0.3) is 11.8 Å². The molecule has 4 aromatic carbocycles. The summed E-state index contributed by atoms with van der Waals surface area (Å²) in [6.45, 7) is 0.384. The van der Waals surface area contributed by atoms with Crippen molar-refractivity contribution in [3.63, 3.8) is 0 Å². The molecule has 1 saturated heterocycles. The number of aliphatic hydroxyl groups is 1. The van der Waals surface area contributed by atoms with Crippen molar-refractivity contribution in [2.24, 2.45) is 5.73 Å². The van der Waals surface area contributed by atoms with Crippen LogP contribution in [-0.4, -0.2) is 53.1 Å². The second kappa shape index (κ2) is 14.0. The van der Waals surface area contributed by atoms with E-state index in [0.29, 0.717) is 23.4 Å². The molecule has 0 aromatic heterocycles. The summed E-state index contributed by atoms with van der Waals surface area (Å²) in [6.07, 6.45) is 3.70. The number of alkyl halides is 2. The number of fused-ring (bicyclic) bond motifs is 1. The van der Waals surface area contributed by atoms with Gasteiger partial charge in [-0.1, -0.05) is 66.2 Å². The largest absolute Gasteiger partial charge is 0.490 e. The number of rotatable bonds is 9. The molecule has 0 spiro atoms. The highest BCUT2D eigenvalue weighted by molar-refractivity contribution is 6.30. The van der Waals surface area contributed by atoms with Gasteiger partial charge in [-0.05, 0) is 96.3 Å². The van der Waals surface area contributed by atoms with E-state index in [2.05, 4.69) is 5.32 Å². The number of likely N-dealkylation sites (tertiary alicyclic amines) is 1. The summed E-state index contributed by atoms with van der Waals surface area (Å²) in [6, 6.07) is 20.7. The van der Waals surface area contributed by atoms with E-state index in [9.17, 15) is 14.7 Å². The van der Waals surface area contributed by atoms with Crippen molar-refractivity contribution in [2.75, 3.05) is 13.1 Å². The van der Waals surface area contributed by atoms with Crippen LogP contribution in [0.25, 0.3) is 21.9 Å². The number of amides is 2. The maximum Gasteiger partial charge on any atom is 0.301 e. The minimum Gasteiger partial charge on any atom is -0.490 e. The van der Waals surface area contributed by atoms with Gasteiger partial charge in [0.15, 0.2) is 12.1 Å². The van der Waals surface area contributed by atoms with Crippen molar-refractivity contribution in [1.29, 1.82) is 0 Å². The van der Waals surface area contributed by atoms with Crippen molar-refractivity contribution in [2.45, 2.75) is 68.7 Å². The molecule has 1 heterocycles. The average molecular weight is 662 g/mol. The highest BCUT2D eigenvalue weighted by Gasteiger charge is 2.49. The fraction of sp³-hybridized carbons (Fsp3) is 0.351. The van der Waals surface area contributed by atoms with E-state index in [0.717, 1.165) is 47.8 Å². The zero-order valence-electron chi connectivity index (χ0n) is 25.9. The fourth-order valence-electron chi connectivity index (χ4n) is 6.36. The van der Waals surface area contributed by atoms with Gasteiger partial charge in [0.2, 0.25) is 0 Å². The topological polar surface area (TPSA) is 105 Å². The third kappa shape index (κ3) is 7.43. The summed E-state index contributed by atoms with van der Waals surface area (Å²) >= 11 is 5.98. The van der Waals surface area contributed by atoms with Crippen molar-refractivity contribution in [3.05, 3.63) is 101 Å². The van der Waals surface area contributed by atoms with Crippen LogP contribution in [0.4, 0.5) is 8.78 Å². The zero-order valence-corrected chi connectivity index (χ0v) is 26.6. The van der Waals surface area contributed by atoms with Gasteiger partial charge in [-0.15, -0.1) is 0 Å². The fourth-order valence-corrected chi connectivity index (χ4v) is 6.49. The molecule has 6 rings (SSSR count). The summed E-state index contributed by atoms with van der Waals surface area (Å²) in [5, 5.41) is 15.4. The Kier molecular flexibility index (Phi) is 9.77. The highest BCUT2D eigenvalue weighted by atomic mass is 35.5. The lowest BCUT2D eigenvalue weighted by Crippen LogP contribution is -2.58. The molecule has 2 atom stereocenters. The van der Waals surface area contributed by atoms with Crippen LogP contribution in [0.2, 0.25) is 5.02 Å². The normalized spacial score (nSPS) is 17.4. The lowest BCUT2D eigenvalue weighted by Gasteiger charge is -2.36. The number of nitrogens with two attached hydrogens (primary N) is 1. The first-order valence-corrected chi connectivity index (χ1v) is 16.4. The van der Waals surface area contributed by atoms with Crippen molar-refractivity contribution in [1.82, 2.24) is 10.2 Å². The minimum atomic E-state index is -3.80. The monoisotopic (exact) mass is 661 g/mol. The predicted octanol–water partition coefficient (Wildman–Crippen LogP) is 6.74. The summed E-state index contributed by atoms with van der Waals surface area (Å²) in [5.74, 6) is -5.09. The first-order valence-electron chi connectivity index (χ1n) is 16.1. The molecule has 4 aromatic rings. The molecule has 4 N–H and O–H groups in total. The molecule has 2 aliphatic rings. The van der Waals surface area contributed by atoms with E-state index in [1.54, 1.807) is 42.5 Å². The number of ether oxygens (including phenoxy) is 1. The Morgan fingerprint density at radius 1 is 0.872 bits per heavy atom. The Hall–Kier alpha value is -4.05. The molecule has 2 fully saturated rings. The first kappa shape index (κ1) is 32.9.